The summed E-state index contributed by atoms with van der Waals surface area (Å²) in [7, 11) is 0. The van der Waals surface area contributed by atoms with Gasteiger partial charge in [0.25, 0.3) is 0 Å². The second kappa shape index (κ2) is 12.7. The first-order chi connectivity index (χ1) is 21.8. The van der Waals surface area contributed by atoms with Crippen molar-refractivity contribution in [2.75, 3.05) is 15.3 Å². The number of hydrazine groups is 1. The van der Waals surface area contributed by atoms with Gasteiger partial charge in [-0.3, -0.25) is 0 Å². The van der Waals surface area contributed by atoms with Crippen LogP contribution < -0.4 is 20.7 Å². The molecule has 0 atom stereocenters. The Hall–Kier alpha value is -5.44. The van der Waals surface area contributed by atoms with Crippen LogP contribution in [0, 0.1) is 0 Å². The molecule has 0 spiro atoms. The third kappa shape index (κ3) is 6.15. The van der Waals surface area contributed by atoms with E-state index in [0.29, 0.717) is 16.2 Å². The van der Waals surface area contributed by atoms with E-state index >= 15 is 0 Å². The van der Waals surface area contributed by atoms with Gasteiger partial charge >= 0.3 is 12.1 Å². The molecule has 0 aliphatic rings. The Morgan fingerprint density at radius 2 is 1.09 bits per heavy atom. The Balaban J connectivity index is 1.54. The molecule has 0 fully saturated rings. The zero-order valence-corrected chi connectivity index (χ0v) is 25.1. The van der Waals surface area contributed by atoms with Gasteiger partial charge in [0.15, 0.2) is 0 Å². The maximum absolute atomic E-state index is 14.3. The van der Waals surface area contributed by atoms with Crippen LogP contribution in [0.25, 0.3) is 21.5 Å². The summed E-state index contributed by atoms with van der Waals surface area (Å²) in [6.45, 7) is 0.115. The summed E-state index contributed by atoms with van der Waals surface area (Å²) in [5.41, 5.74) is 0.932. The van der Waals surface area contributed by atoms with E-state index in [1.165, 1.54) is 12.1 Å². The summed E-state index contributed by atoms with van der Waals surface area (Å²) in [5.74, 6) is -0.565. The van der Waals surface area contributed by atoms with Crippen molar-refractivity contribution >= 4 is 73.9 Å². The first-order valence-corrected chi connectivity index (χ1v) is 14.7. The standard InChI is InChI=1S/C35H26Cl2N4O4/c36-27-15-8-16-28(33(27)37)39-35(45)41(30-18-24-12-5-7-14-26(24)20-32(30)43)40(34(44)38-21-22-9-2-1-3-10-22)29-17-23-11-4-6-13-25(23)19-31(29)42/h1-20,42-43H,21H2,(H,38,44)(H,39,45). The molecule has 6 aromatic carbocycles. The zero-order valence-electron chi connectivity index (χ0n) is 23.6. The number of anilines is 3. The smallest absolute Gasteiger partial charge is 0.346 e. The lowest BCUT2D eigenvalue weighted by molar-refractivity contribution is 0.240. The molecule has 10 heteroatoms. The Labute approximate surface area is 268 Å². The molecule has 0 heterocycles. The second-order valence-corrected chi connectivity index (χ2v) is 11.0. The molecule has 8 nitrogen and oxygen atoms in total. The van der Waals surface area contributed by atoms with Crippen molar-refractivity contribution in [3.63, 3.8) is 0 Å². The zero-order chi connectivity index (χ0) is 31.5. The number of aromatic hydroxyl groups is 2. The molecule has 0 aromatic heterocycles. The number of carbonyl (C=O) groups excluding carboxylic acids is 2. The van der Waals surface area contributed by atoms with E-state index in [-0.39, 0.29) is 45.2 Å². The number of hydrogen-bond acceptors (Lipinski definition) is 4. The maximum Gasteiger partial charge on any atom is 0.346 e. The fourth-order valence-corrected chi connectivity index (χ4v) is 5.35. The van der Waals surface area contributed by atoms with E-state index < -0.39 is 12.1 Å². The average molecular weight is 638 g/mol. The molecule has 0 saturated carbocycles. The number of rotatable bonds is 5. The molecule has 0 radical (unpaired) electrons. The maximum atomic E-state index is 14.3. The molecule has 45 heavy (non-hydrogen) atoms. The molecule has 4 amide bonds. The highest BCUT2D eigenvalue weighted by atomic mass is 35.5. The SMILES string of the molecule is O=C(NCc1ccccc1)N(c1cc2ccccc2cc1O)N(C(=O)Nc1cccc(Cl)c1Cl)c1cc2ccccc2cc1O. The van der Waals surface area contributed by atoms with Crippen LogP contribution in [0.2, 0.25) is 10.0 Å². The molecule has 0 bridgehead atoms. The lowest BCUT2D eigenvalue weighted by atomic mass is 10.1. The minimum Gasteiger partial charge on any atom is -0.506 e. The number of nitrogens with zero attached hydrogens (tertiary/aromatic N) is 2. The Bertz CT molecular complexity index is 2060. The van der Waals surface area contributed by atoms with E-state index in [2.05, 4.69) is 10.6 Å². The van der Waals surface area contributed by atoms with Gasteiger partial charge in [-0.25, -0.2) is 9.59 Å². The van der Waals surface area contributed by atoms with E-state index in [1.807, 2.05) is 78.9 Å². The summed E-state index contributed by atoms with van der Waals surface area (Å²) in [5, 5.41) is 33.3. The van der Waals surface area contributed by atoms with Gasteiger partial charge in [0.05, 0.1) is 15.7 Å². The third-order valence-corrected chi connectivity index (χ3v) is 8.03. The predicted molar refractivity (Wildman–Crippen MR) is 180 cm³/mol. The van der Waals surface area contributed by atoms with Crippen molar-refractivity contribution in [3.8, 4) is 11.5 Å². The number of benzene rings is 6. The molecular formula is C35H26Cl2N4O4. The quantitative estimate of drug-likeness (QED) is 0.142. The summed E-state index contributed by atoms with van der Waals surface area (Å²) in [6.07, 6.45) is 0. The van der Waals surface area contributed by atoms with Crippen molar-refractivity contribution in [1.29, 1.82) is 0 Å². The van der Waals surface area contributed by atoms with Gasteiger partial charge in [-0.1, -0.05) is 108 Å². The normalized spacial score (nSPS) is 10.9. The fraction of sp³-hybridized carbons (Fsp3) is 0.0286. The van der Waals surface area contributed by atoms with Crippen LogP contribution in [0.4, 0.5) is 26.7 Å². The number of phenolic OH excluding ortho intramolecular Hbond substituents is 2. The highest BCUT2D eigenvalue weighted by molar-refractivity contribution is 6.44. The predicted octanol–water partition coefficient (Wildman–Crippen LogP) is 9.08. The molecule has 0 unspecified atom stereocenters. The molecule has 6 aromatic rings. The number of phenols is 2. The molecule has 0 aliphatic carbocycles. The molecule has 4 N–H and O–H groups in total. The Morgan fingerprint density at radius 1 is 0.600 bits per heavy atom. The van der Waals surface area contributed by atoms with Crippen molar-refractivity contribution in [2.24, 2.45) is 0 Å². The van der Waals surface area contributed by atoms with Gasteiger partial charge in [-0.05, 0) is 63.5 Å². The summed E-state index contributed by atoms with van der Waals surface area (Å²) in [4.78, 5) is 28.6. The topological polar surface area (TPSA) is 105 Å². The van der Waals surface area contributed by atoms with Crippen molar-refractivity contribution in [3.05, 3.63) is 137 Å². The van der Waals surface area contributed by atoms with Gasteiger partial charge in [0.1, 0.15) is 22.9 Å². The van der Waals surface area contributed by atoms with E-state index in [0.717, 1.165) is 21.0 Å². The van der Waals surface area contributed by atoms with Gasteiger partial charge < -0.3 is 20.8 Å². The van der Waals surface area contributed by atoms with Gasteiger partial charge in [0, 0.05) is 6.54 Å². The minimum atomic E-state index is -0.868. The first-order valence-electron chi connectivity index (χ1n) is 13.9. The summed E-state index contributed by atoms with van der Waals surface area (Å²) < 4.78 is 0. The van der Waals surface area contributed by atoms with Crippen LogP contribution in [0.15, 0.2) is 121 Å². The lowest BCUT2D eigenvalue weighted by Crippen LogP contribution is -2.55. The minimum absolute atomic E-state index is 0.0147. The second-order valence-electron chi connectivity index (χ2n) is 10.2. The summed E-state index contributed by atoms with van der Waals surface area (Å²) >= 11 is 12.6. The summed E-state index contributed by atoms with van der Waals surface area (Å²) in [6, 6.07) is 33.1. The molecule has 0 aliphatic heterocycles. The average Bonchev–Trinajstić information content (AvgIpc) is 3.05. The number of amides is 4. The van der Waals surface area contributed by atoms with Gasteiger partial charge in [-0.15, -0.1) is 0 Å². The fourth-order valence-electron chi connectivity index (χ4n) is 5.00. The van der Waals surface area contributed by atoms with Crippen molar-refractivity contribution < 1.29 is 19.8 Å². The number of nitrogens with one attached hydrogen (secondary N) is 2. The van der Waals surface area contributed by atoms with Crippen LogP contribution in [-0.4, -0.2) is 22.3 Å². The van der Waals surface area contributed by atoms with Crippen LogP contribution in [0.5, 0.6) is 11.5 Å². The molecule has 0 saturated heterocycles. The monoisotopic (exact) mass is 636 g/mol. The van der Waals surface area contributed by atoms with E-state index in [9.17, 15) is 19.8 Å². The van der Waals surface area contributed by atoms with Crippen LogP contribution >= 0.6 is 23.2 Å². The van der Waals surface area contributed by atoms with Crippen molar-refractivity contribution in [1.82, 2.24) is 5.32 Å². The van der Waals surface area contributed by atoms with Crippen LogP contribution in [0.1, 0.15) is 5.56 Å². The third-order valence-electron chi connectivity index (χ3n) is 7.21. The van der Waals surface area contributed by atoms with Crippen LogP contribution in [0.3, 0.4) is 0 Å². The molecule has 224 valence electrons. The van der Waals surface area contributed by atoms with E-state index in [1.54, 1.807) is 30.3 Å². The van der Waals surface area contributed by atoms with Crippen molar-refractivity contribution in [2.45, 2.75) is 6.54 Å². The first kappa shape index (κ1) is 29.6. The highest BCUT2D eigenvalue weighted by Crippen LogP contribution is 2.40. The van der Waals surface area contributed by atoms with Gasteiger partial charge in [0.2, 0.25) is 0 Å². The highest BCUT2D eigenvalue weighted by Gasteiger charge is 2.34. The largest absolute Gasteiger partial charge is 0.506 e. The number of urea groups is 2. The molecule has 6 rings (SSSR count). The number of fused-ring (bicyclic) bond motifs is 2. The van der Waals surface area contributed by atoms with E-state index in [4.69, 9.17) is 23.2 Å². The Morgan fingerprint density at radius 3 is 1.64 bits per heavy atom. The Kier molecular flexibility index (Phi) is 8.33. The number of hydrogen-bond donors (Lipinski definition) is 4. The lowest BCUT2D eigenvalue weighted by Gasteiger charge is -2.35. The molecular weight excluding hydrogens is 611 g/mol. The van der Waals surface area contributed by atoms with Crippen LogP contribution in [-0.2, 0) is 6.54 Å². The number of halogens is 2. The number of carbonyl (C=O) groups is 2. The van der Waals surface area contributed by atoms with Gasteiger partial charge in [-0.2, -0.15) is 10.0 Å².